The van der Waals surface area contributed by atoms with Crippen LogP contribution in [0, 0.1) is 5.92 Å². The van der Waals surface area contributed by atoms with Crippen molar-refractivity contribution in [3.8, 4) is 0 Å². The van der Waals surface area contributed by atoms with Gasteiger partial charge in [-0.2, -0.15) is 0 Å². The molecule has 0 aromatic rings. The highest BCUT2D eigenvalue weighted by Crippen LogP contribution is 2.14. The van der Waals surface area contributed by atoms with Crippen LogP contribution in [0.2, 0.25) is 0 Å². The van der Waals surface area contributed by atoms with Gasteiger partial charge in [0.2, 0.25) is 0 Å². The van der Waals surface area contributed by atoms with E-state index < -0.39 is 0 Å². The molecule has 0 bridgehead atoms. The van der Waals surface area contributed by atoms with Crippen LogP contribution in [0.4, 0.5) is 0 Å². The number of esters is 1. The smallest absolute Gasteiger partial charge is 0.319 e. The number of hydrogen-bond acceptors (Lipinski definition) is 4. The van der Waals surface area contributed by atoms with Crippen molar-refractivity contribution < 1.29 is 14.3 Å². The van der Waals surface area contributed by atoms with Crippen molar-refractivity contribution in [2.24, 2.45) is 5.92 Å². The number of hydrogen-bond donors (Lipinski definition) is 0. The Morgan fingerprint density at radius 2 is 2.43 bits per heavy atom. The monoisotopic (exact) mass is 201 g/mol. The first-order valence-corrected chi connectivity index (χ1v) is 5.05. The summed E-state index contributed by atoms with van der Waals surface area (Å²) < 4.78 is 9.97. The van der Waals surface area contributed by atoms with Crippen molar-refractivity contribution in [3.05, 3.63) is 0 Å². The molecule has 82 valence electrons. The van der Waals surface area contributed by atoms with Gasteiger partial charge in [0.05, 0.1) is 20.3 Å². The topological polar surface area (TPSA) is 38.8 Å². The fourth-order valence-electron chi connectivity index (χ4n) is 1.74. The molecule has 0 amide bonds. The van der Waals surface area contributed by atoms with E-state index >= 15 is 0 Å². The molecule has 0 N–H and O–H groups in total. The Morgan fingerprint density at radius 3 is 3.00 bits per heavy atom. The number of methoxy groups -OCH3 is 1. The summed E-state index contributed by atoms with van der Waals surface area (Å²) in [5.74, 6) is 0.391. The second-order valence-corrected chi connectivity index (χ2v) is 3.86. The first-order chi connectivity index (χ1) is 6.72. The van der Waals surface area contributed by atoms with Gasteiger partial charge in [-0.05, 0) is 25.8 Å². The molecular formula is C10H19NO3. The lowest BCUT2D eigenvalue weighted by Gasteiger charge is -2.26. The molecule has 0 aromatic heterocycles. The van der Waals surface area contributed by atoms with Crippen LogP contribution >= 0.6 is 0 Å². The zero-order valence-electron chi connectivity index (χ0n) is 8.99. The number of likely N-dealkylation sites (N-methyl/N-ethyl adjacent to an activating group) is 1. The van der Waals surface area contributed by atoms with Crippen LogP contribution in [0.25, 0.3) is 0 Å². The van der Waals surface area contributed by atoms with Gasteiger partial charge >= 0.3 is 5.97 Å². The molecular weight excluding hydrogens is 182 g/mol. The van der Waals surface area contributed by atoms with Gasteiger partial charge in [0.25, 0.3) is 0 Å². The molecule has 1 atom stereocenters. The molecule has 1 aliphatic rings. The van der Waals surface area contributed by atoms with Crippen LogP contribution < -0.4 is 0 Å². The van der Waals surface area contributed by atoms with Gasteiger partial charge < -0.3 is 9.47 Å². The molecule has 0 spiro atoms. The number of ether oxygens (including phenoxy) is 2. The number of carbonyl (C=O) groups is 1. The number of nitrogens with zero attached hydrogens (tertiary/aromatic N) is 1. The average molecular weight is 201 g/mol. The molecule has 1 aliphatic heterocycles. The van der Waals surface area contributed by atoms with Crippen LogP contribution in [0.15, 0.2) is 0 Å². The van der Waals surface area contributed by atoms with E-state index in [2.05, 4.69) is 4.74 Å². The molecule has 1 rings (SSSR count). The summed E-state index contributed by atoms with van der Waals surface area (Å²) in [6, 6.07) is 0. The quantitative estimate of drug-likeness (QED) is 0.621. The maximum absolute atomic E-state index is 11.0. The minimum Gasteiger partial charge on any atom is -0.468 e. The SMILES string of the molecule is COC(=O)CN(C)CC1CCCOC1. The summed E-state index contributed by atoms with van der Waals surface area (Å²) in [6.07, 6.45) is 2.34. The summed E-state index contributed by atoms with van der Waals surface area (Å²) in [4.78, 5) is 13.0. The second kappa shape index (κ2) is 5.98. The zero-order valence-corrected chi connectivity index (χ0v) is 8.99. The van der Waals surface area contributed by atoms with Crippen molar-refractivity contribution in [2.45, 2.75) is 12.8 Å². The highest BCUT2D eigenvalue weighted by atomic mass is 16.5. The molecule has 0 saturated carbocycles. The molecule has 14 heavy (non-hydrogen) atoms. The Balaban J connectivity index is 2.18. The lowest BCUT2D eigenvalue weighted by atomic mass is 10.0. The maximum Gasteiger partial charge on any atom is 0.319 e. The average Bonchev–Trinajstić information content (AvgIpc) is 2.19. The van der Waals surface area contributed by atoms with Crippen molar-refractivity contribution in [1.82, 2.24) is 4.90 Å². The molecule has 1 heterocycles. The van der Waals surface area contributed by atoms with Crippen molar-refractivity contribution in [2.75, 3.05) is 40.5 Å². The minimum atomic E-state index is -0.177. The van der Waals surface area contributed by atoms with Crippen LogP contribution in [-0.4, -0.2) is 51.3 Å². The Labute approximate surface area is 85.2 Å². The first kappa shape index (κ1) is 11.5. The number of rotatable bonds is 4. The van der Waals surface area contributed by atoms with Crippen molar-refractivity contribution >= 4 is 5.97 Å². The molecule has 1 fully saturated rings. The van der Waals surface area contributed by atoms with E-state index in [1.807, 2.05) is 11.9 Å². The molecule has 4 heteroatoms. The first-order valence-electron chi connectivity index (χ1n) is 5.05. The summed E-state index contributed by atoms with van der Waals surface area (Å²) in [6.45, 7) is 2.99. The van der Waals surface area contributed by atoms with Crippen LogP contribution in [0.5, 0.6) is 0 Å². The van der Waals surface area contributed by atoms with Gasteiger partial charge in [0.1, 0.15) is 0 Å². The molecule has 0 radical (unpaired) electrons. The van der Waals surface area contributed by atoms with Gasteiger partial charge in [-0.3, -0.25) is 9.69 Å². The van der Waals surface area contributed by atoms with Crippen molar-refractivity contribution in [1.29, 1.82) is 0 Å². The van der Waals surface area contributed by atoms with E-state index in [0.717, 1.165) is 26.2 Å². The highest BCUT2D eigenvalue weighted by Gasteiger charge is 2.17. The van der Waals surface area contributed by atoms with Crippen LogP contribution in [-0.2, 0) is 14.3 Å². The fourth-order valence-corrected chi connectivity index (χ4v) is 1.74. The third-order valence-electron chi connectivity index (χ3n) is 2.45. The van der Waals surface area contributed by atoms with Crippen LogP contribution in [0.3, 0.4) is 0 Å². The summed E-state index contributed by atoms with van der Waals surface area (Å²) in [5, 5.41) is 0. The van der Waals surface area contributed by atoms with E-state index in [0.29, 0.717) is 12.5 Å². The fraction of sp³-hybridized carbons (Fsp3) is 0.900. The normalized spacial score (nSPS) is 22.4. The Bertz CT molecular complexity index is 178. The van der Waals surface area contributed by atoms with E-state index in [4.69, 9.17) is 4.74 Å². The van der Waals surface area contributed by atoms with Gasteiger partial charge in [-0.1, -0.05) is 0 Å². The van der Waals surface area contributed by atoms with E-state index in [9.17, 15) is 4.79 Å². The third-order valence-corrected chi connectivity index (χ3v) is 2.45. The lowest BCUT2D eigenvalue weighted by Crippen LogP contribution is -2.34. The third kappa shape index (κ3) is 4.07. The van der Waals surface area contributed by atoms with E-state index in [1.165, 1.54) is 13.5 Å². The van der Waals surface area contributed by atoms with Gasteiger partial charge in [-0.15, -0.1) is 0 Å². The molecule has 1 unspecified atom stereocenters. The van der Waals surface area contributed by atoms with Crippen LogP contribution in [0.1, 0.15) is 12.8 Å². The molecule has 1 saturated heterocycles. The molecule has 0 aliphatic carbocycles. The minimum absolute atomic E-state index is 0.177. The largest absolute Gasteiger partial charge is 0.468 e. The Hall–Kier alpha value is -0.610. The Morgan fingerprint density at radius 1 is 1.64 bits per heavy atom. The predicted octanol–water partition coefficient (Wildman–Crippen LogP) is 0.518. The van der Waals surface area contributed by atoms with Gasteiger partial charge in [0.15, 0.2) is 0 Å². The lowest BCUT2D eigenvalue weighted by molar-refractivity contribution is -0.141. The number of carbonyl (C=O) groups excluding carboxylic acids is 1. The highest BCUT2D eigenvalue weighted by molar-refractivity contribution is 5.71. The maximum atomic E-state index is 11.0. The summed E-state index contributed by atoms with van der Waals surface area (Å²) >= 11 is 0. The second-order valence-electron chi connectivity index (χ2n) is 3.86. The predicted molar refractivity (Wildman–Crippen MR) is 53.1 cm³/mol. The Kier molecular flexibility index (Phi) is 4.90. The standard InChI is InChI=1S/C10H19NO3/c1-11(7-10(12)13-2)6-9-4-3-5-14-8-9/h9H,3-8H2,1-2H3. The summed E-state index contributed by atoms with van der Waals surface area (Å²) in [5.41, 5.74) is 0. The molecule has 4 nitrogen and oxygen atoms in total. The zero-order chi connectivity index (χ0) is 10.4. The summed E-state index contributed by atoms with van der Waals surface area (Å²) in [7, 11) is 3.35. The molecule has 0 aromatic carbocycles. The van der Waals surface area contributed by atoms with E-state index in [1.54, 1.807) is 0 Å². The van der Waals surface area contributed by atoms with Gasteiger partial charge in [-0.25, -0.2) is 0 Å². The van der Waals surface area contributed by atoms with E-state index in [-0.39, 0.29) is 5.97 Å². The van der Waals surface area contributed by atoms with Gasteiger partial charge in [0, 0.05) is 13.2 Å². The van der Waals surface area contributed by atoms with Crippen molar-refractivity contribution in [3.63, 3.8) is 0 Å².